The maximum Gasteiger partial charge on any atom is 0.246 e. The average molecular weight is 286 g/mol. The summed E-state index contributed by atoms with van der Waals surface area (Å²) in [6.07, 6.45) is 3.51. The van der Waals surface area contributed by atoms with Crippen LogP contribution >= 0.6 is 0 Å². The zero-order chi connectivity index (χ0) is 13.9. The van der Waals surface area contributed by atoms with Crippen molar-refractivity contribution in [2.24, 2.45) is 5.84 Å². The number of pyridine rings is 1. The number of sulfonamides is 1. The first kappa shape index (κ1) is 14.2. The number of hydrazine groups is 1. The van der Waals surface area contributed by atoms with E-state index >= 15 is 0 Å². The number of hydrogen-bond acceptors (Lipinski definition) is 6. The molecule has 2 heterocycles. The molecule has 0 aromatic carbocycles. The van der Waals surface area contributed by atoms with Gasteiger partial charge in [-0.2, -0.15) is 4.31 Å². The molecule has 1 atom stereocenters. The summed E-state index contributed by atoms with van der Waals surface area (Å²) >= 11 is 0. The molecule has 1 unspecified atom stereocenters. The largest absolute Gasteiger partial charge is 0.375 e. The molecule has 3 N–H and O–H groups in total. The topological polar surface area (TPSA) is 97.6 Å². The van der Waals surface area contributed by atoms with Crippen LogP contribution in [0.2, 0.25) is 0 Å². The third-order valence-corrected chi connectivity index (χ3v) is 5.01. The third-order valence-electron chi connectivity index (χ3n) is 3.11. The van der Waals surface area contributed by atoms with Crippen molar-refractivity contribution >= 4 is 15.7 Å². The van der Waals surface area contributed by atoms with Gasteiger partial charge in [-0.3, -0.25) is 10.8 Å². The Bertz CT molecular complexity index is 534. The number of aromatic nitrogens is 1. The second-order valence-corrected chi connectivity index (χ2v) is 6.19. The molecule has 106 valence electrons. The number of morpholine rings is 1. The maximum absolute atomic E-state index is 12.6. The number of hydrogen-bond donors (Lipinski definition) is 2. The zero-order valence-corrected chi connectivity index (χ0v) is 11.6. The van der Waals surface area contributed by atoms with E-state index in [0.717, 1.165) is 6.42 Å². The molecule has 1 aliphatic rings. The highest BCUT2D eigenvalue weighted by Crippen LogP contribution is 2.24. The molecule has 2 rings (SSSR count). The quantitative estimate of drug-likeness (QED) is 0.605. The van der Waals surface area contributed by atoms with Crippen molar-refractivity contribution in [3.63, 3.8) is 0 Å². The first-order valence-electron chi connectivity index (χ1n) is 6.12. The molecule has 0 bridgehead atoms. The van der Waals surface area contributed by atoms with Crippen LogP contribution in [0.3, 0.4) is 0 Å². The van der Waals surface area contributed by atoms with Crippen molar-refractivity contribution in [2.75, 3.05) is 25.1 Å². The number of nitrogen functional groups attached to an aromatic ring is 1. The van der Waals surface area contributed by atoms with E-state index in [1.54, 1.807) is 0 Å². The SMILES string of the molecule is CCC1CN(S(=O)(=O)c2cnccc2NN)CCO1. The van der Waals surface area contributed by atoms with Crippen LogP contribution in [0, 0.1) is 0 Å². The number of anilines is 1. The van der Waals surface area contributed by atoms with Gasteiger partial charge in [-0.15, -0.1) is 0 Å². The monoisotopic (exact) mass is 286 g/mol. The highest BCUT2D eigenvalue weighted by atomic mass is 32.2. The summed E-state index contributed by atoms with van der Waals surface area (Å²) in [7, 11) is -3.60. The molecular formula is C11H18N4O3S. The lowest BCUT2D eigenvalue weighted by molar-refractivity contribution is -0.00277. The fraction of sp³-hybridized carbons (Fsp3) is 0.545. The first-order valence-corrected chi connectivity index (χ1v) is 7.56. The van der Waals surface area contributed by atoms with E-state index in [-0.39, 0.29) is 11.0 Å². The highest BCUT2D eigenvalue weighted by molar-refractivity contribution is 7.89. The van der Waals surface area contributed by atoms with Crippen LogP contribution in [0.25, 0.3) is 0 Å². The van der Waals surface area contributed by atoms with Crippen molar-refractivity contribution in [2.45, 2.75) is 24.3 Å². The van der Waals surface area contributed by atoms with E-state index < -0.39 is 10.0 Å². The van der Waals surface area contributed by atoms with Crippen molar-refractivity contribution < 1.29 is 13.2 Å². The summed E-state index contributed by atoms with van der Waals surface area (Å²) in [5.41, 5.74) is 2.73. The van der Waals surface area contributed by atoms with Gasteiger partial charge in [-0.25, -0.2) is 8.42 Å². The lowest BCUT2D eigenvalue weighted by Crippen LogP contribution is -2.45. The van der Waals surface area contributed by atoms with Gasteiger partial charge < -0.3 is 10.2 Å². The van der Waals surface area contributed by atoms with Gasteiger partial charge in [0.2, 0.25) is 10.0 Å². The molecular weight excluding hydrogens is 268 g/mol. The van der Waals surface area contributed by atoms with Crippen molar-refractivity contribution in [3.05, 3.63) is 18.5 Å². The zero-order valence-electron chi connectivity index (χ0n) is 10.7. The molecule has 1 aromatic heterocycles. The van der Waals surface area contributed by atoms with E-state index in [2.05, 4.69) is 10.4 Å². The van der Waals surface area contributed by atoms with Crippen molar-refractivity contribution in [3.8, 4) is 0 Å². The standard InChI is InChI=1S/C11H18N4O3S/c1-2-9-8-15(5-6-18-9)19(16,17)11-7-13-4-3-10(11)14-12/h3-4,7,9H,2,5-6,8,12H2,1H3,(H,13,14). The maximum atomic E-state index is 12.6. The average Bonchev–Trinajstić information content (AvgIpc) is 2.47. The highest BCUT2D eigenvalue weighted by Gasteiger charge is 2.31. The van der Waals surface area contributed by atoms with Gasteiger partial charge in [0.05, 0.1) is 18.4 Å². The molecule has 8 heteroatoms. The molecule has 1 fully saturated rings. The van der Waals surface area contributed by atoms with Gasteiger partial charge in [-0.1, -0.05) is 6.92 Å². The lowest BCUT2D eigenvalue weighted by Gasteiger charge is -2.31. The Morgan fingerprint density at radius 3 is 3.11 bits per heavy atom. The van der Waals surface area contributed by atoms with Crippen molar-refractivity contribution in [1.29, 1.82) is 0 Å². The van der Waals surface area contributed by atoms with Crippen LogP contribution in [0.5, 0.6) is 0 Å². The Morgan fingerprint density at radius 2 is 2.42 bits per heavy atom. The first-order chi connectivity index (χ1) is 9.09. The number of ether oxygens (including phenoxy) is 1. The predicted octanol–water partition coefficient (Wildman–Crippen LogP) is 0.167. The van der Waals surface area contributed by atoms with Gasteiger partial charge in [0.15, 0.2) is 0 Å². The second-order valence-electron chi connectivity index (χ2n) is 4.28. The van der Waals surface area contributed by atoms with Crippen LogP contribution < -0.4 is 11.3 Å². The molecule has 0 spiro atoms. The van der Waals surface area contributed by atoms with Gasteiger partial charge in [0.1, 0.15) is 4.90 Å². The molecule has 19 heavy (non-hydrogen) atoms. The molecule has 0 amide bonds. The molecule has 0 radical (unpaired) electrons. The Labute approximate surface area is 112 Å². The minimum absolute atomic E-state index is 0.0607. The molecule has 1 saturated heterocycles. The Kier molecular flexibility index (Phi) is 4.35. The van der Waals surface area contributed by atoms with Gasteiger partial charge in [-0.05, 0) is 12.5 Å². The van der Waals surface area contributed by atoms with Crippen molar-refractivity contribution in [1.82, 2.24) is 9.29 Å². The Balaban J connectivity index is 2.31. The van der Waals surface area contributed by atoms with Gasteiger partial charge in [0, 0.05) is 25.5 Å². The molecule has 0 saturated carbocycles. The number of nitrogens with zero attached hydrogens (tertiary/aromatic N) is 2. The van der Waals surface area contributed by atoms with Gasteiger partial charge in [0.25, 0.3) is 0 Å². The van der Waals surface area contributed by atoms with Crippen LogP contribution in [-0.2, 0) is 14.8 Å². The normalized spacial score (nSPS) is 21.3. The van der Waals surface area contributed by atoms with Crippen LogP contribution in [-0.4, -0.2) is 43.5 Å². The van der Waals surface area contributed by atoms with Crippen LogP contribution in [0.15, 0.2) is 23.4 Å². The van der Waals surface area contributed by atoms with Crippen LogP contribution in [0.4, 0.5) is 5.69 Å². The predicted molar refractivity (Wildman–Crippen MR) is 70.8 cm³/mol. The van der Waals surface area contributed by atoms with Gasteiger partial charge >= 0.3 is 0 Å². The number of nitrogens with two attached hydrogens (primary N) is 1. The summed E-state index contributed by atoms with van der Waals surface area (Å²) in [4.78, 5) is 3.95. The minimum atomic E-state index is -3.60. The summed E-state index contributed by atoms with van der Waals surface area (Å²) in [5, 5.41) is 0. The van der Waals surface area contributed by atoms with E-state index in [4.69, 9.17) is 10.6 Å². The third kappa shape index (κ3) is 2.86. The Hall–Kier alpha value is -1.22. The van der Waals surface area contributed by atoms with Crippen LogP contribution in [0.1, 0.15) is 13.3 Å². The lowest BCUT2D eigenvalue weighted by atomic mass is 10.2. The number of nitrogens with one attached hydrogen (secondary N) is 1. The smallest absolute Gasteiger partial charge is 0.246 e. The fourth-order valence-corrected chi connectivity index (χ4v) is 3.56. The molecule has 0 aliphatic carbocycles. The summed E-state index contributed by atoms with van der Waals surface area (Å²) in [5.74, 6) is 5.34. The second kappa shape index (κ2) is 5.83. The molecule has 7 nitrogen and oxygen atoms in total. The number of rotatable bonds is 4. The summed E-state index contributed by atoms with van der Waals surface area (Å²) < 4.78 is 32.0. The summed E-state index contributed by atoms with van der Waals surface area (Å²) in [6, 6.07) is 1.53. The Morgan fingerprint density at radius 1 is 1.63 bits per heavy atom. The van der Waals surface area contributed by atoms with E-state index in [0.29, 0.717) is 25.4 Å². The fourth-order valence-electron chi connectivity index (χ4n) is 2.00. The minimum Gasteiger partial charge on any atom is -0.375 e. The van der Waals surface area contributed by atoms with E-state index in [9.17, 15) is 8.42 Å². The van der Waals surface area contributed by atoms with E-state index in [1.165, 1.54) is 22.8 Å². The molecule has 1 aliphatic heterocycles. The molecule has 1 aromatic rings. The summed E-state index contributed by atoms with van der Waals surface area (Å²) in [6.45, 7) is 3.08. The van der Waals surface area contributed by atoms with E-state index in [1.807, 2.05) is 6.92 Å².